The number of nitrogens with two attached hydrogens (primary N) is 1. The highest BCUT2D eigenvalue weighted by molar-refractivity contribution is 5.81. The fraction of sp³-hybridized carbons (Fsp3) is 0.533. The van der Waals surface area contributed by atoms with Crippen molar-refractivity contribution in [3.05, 3.63) is 24.3 Å². The van der Waals surface area contributed by atoms with E-state index in [2.05, 4.69) is 5.32 Å². The zero-order valence-electron chi connectivity index (χ0n) is 11.1. The Morgan fingerprint density at radius 1 is 1.32 bits per heavy atom. The Balaban J connectivity index is 1.49. The summed E-state index contributed by atoms with van der Waals surface area (Å²) in [6.45, 7) is 2.71. The number of rotatable bonds is 4. The van der Waals surface area contributed by atoms with Crippen molar-refractivity contribution in [2.45, 2.75) is 19.3 Å². The van der Waals surface area contributed by atoms with Crippen LogP contribution in [0.4, 0.5) is 11.4 Å². The molecule has 1 aromatic rings. The molecule has 3 N–H and O–H groups in total. The molecule has 102 valence electrons. The molecule has 0 aromatic heterocycles. The molecule has 0 spiro atoms. The third kappa shape index (κ3) is 2.83. The molecule has 0 radical (unpaired) electrons. The lowest BCUT2D eigenvalue weighted by molar-refractivity contribution is -0.131. The number of hydrogen-bond acceptors (Lipinski definition) is 3. The lowest BCUT2D eigenvalue weighted by atomic mass is 10.1. The molecule has 2 aliphatic rings. The van der Waals surface area contributed by atoms with Gasteiger partial charge in [-0.2, -0.15) is 0 Å². The molecule has 2 fully saturated rings. The molecule has 1 atom stereocenters. The number of nitrogens with zero attached hydrogens (tertiary/aromatic N) is 1. The van der Waals surface area contributed by atoms with Crippen LogP contribution in [-0.4, -0.2) is 30.4 Å². The number of anilines is 2. The standard InChI is InChI=1S/C15H21N3O/c16-13-3-1-2-4-14(13)17-9-11-7-8-18(10-11)15(19)12-5-6-12/h1-4,11-12,17H,5-10,16H2/t11-/m0/s1. The Hall–Kier alpha value is -1.71. The molecule has 1 aliphatic carbocycles. The first-order valence-electron chi connectivity index (χ1n) is 7.11. The molecule has 1 heterocycles. The monoisotopic (exact) mass is 259 g/mol. The van der Waals surface area contributed by atoms with E-state index < -0.39 is 0 Å². The molecule has 0 unspecified atom stereocenters. The van der Waals surface area contributed by atoms with Crippen molar-refractivity contribution < 1.29 is 4.79 Å². The lowest BCUT2D eigenvalue weighted by Crippen LogP contribution is -2.30. The summed E-state index contributed by atoms with van der Waals surface area (Å²) < 4.78 is 0. The average molecular weight is 259 g/mol. The normalized spacial score (nSPS) is 22.5. The summed E-state index contributed by atoms with van der Waals surface area (Å²) in [6, 6.07) is 7.82. The van der Waals surface area contributed by atoms with Crippen LogP contribution < -0.4 is 11.1 Å². The second-order valence-corrected chi connectivity index (χ2v) is 5.68. The Morgan fingerprint density at radius 2 is 2.11 bits per heavy atom. The summed E-state index contributed by atoms with van der Waals surface area (Å²) in [4.78, 5) is 14.0. The minimum atomic E-state index is 0.344. The van der Waals surface area contributed by atoms with Gasteiger partial charge in [0.2, 0.25) is 5.91 Å². The van der Waals surface area contributed by atoms with Crippen LogP contribution in [-0.2, 0) is 4.79 Å². The fourth-order valence-electron chi connectivity index (χ4n) is 2.70. The molecule has 0 bridgehead atoms. The van der Waals surface area contributed by atoms with Crippen LogP contribution in [0.15, 0.2) is 24.3 Å². The van der Waals surface area contributed by atoms with Gasteiger partial charge in [-0.15, -0.1) is 0 Å². The predicted octanol–water partition coefficient (Wildman–Crippen LogP) is 1.94. The molecular weight excluding hydrogens is 238 g/mol. The summed E-state index contributed by atoms with van der Waals surface area (Å²) >= 11 is 0. The minimum absolute atomic E-state index is 0.344. The van der Waals surface area contributed by atoms with Crippen molar-refractivity contribution in [1.29, 1.82) is 0 Å². The summed E-state index contributed by atoms with van der Waals surface area (Å²) in [5, 5.41) is 3.40. The number of nitrogen functional groups attached to an aromatic ring is 1. The largest absolute Gasteiger partial charge is 0.397 e. The van der Waals surface area contributed by atoms with Crippen molar-refractivity contribution in [1.82, 2.24) is 4.90 Å². The lowest BCUT2D eigenvalue weighted by Gasteiger charge is -2.17. The SMILES string of the molecule is Nc1ccccc1NC[C@@H]1CCN(C(=O)C2CC2)C1. The van der Waals surface area contributed by atoms with Gasteiger partial charge in [0.25, 0.3) is 0 Å². The second kappa shape index (κ2) is 5.11. The highest BCUT2D eigenvalue weighted by Gasteiger charge is 2.36. The van der Waals surface area contributed by atoms with Gasteiger partial charge < -0.3 is 16.0 Å². The smallest absolute Gasteiger partial charge is 0.225 e. The number of likely N-dealkylation sites (tertiary alicyclic amines) is 1. The molecular formula is C15H21N3O. The Kier molecular flexibility index (Phi) is 3.32. The van der Waals surface area contributed by atoms with Gasteiger partial charge in [0, 0.05) is 25.6 Å². The van der Waals surface area contributed by atoms with Crippen molar-refractivity contribution in [2.75, 3.05) is 30.7 Å². The van der Waals surface area contributed by atoms with E-state index in [1.54, 1.807) is 0 Å². The van der Waals surface area contributed by atoms with E-state index in [1.165, 1.54) is 0 Å². The van der Waals surface area contributed by atoms with Gasteiger partial charge in [-0.1, -0.05) is 12.1 Å². The van der Waals surface area contributed by atoms with E-state index in [0.29, 0.717) is 17.7 Å². The van der Waals surface area contributed by atoms with E-state index >= 15 is 0 Å². The molecule has 19 heavy (non-hydrogen) atoms. The van der Waals surface area contributed by atoms with Crippen LogP contribution in [0.5, 0.6) is 0 Å². The van der Waals surface area contributed by atoms with Gasteiger partial charge in [0.05, 0.1) is 11.4 Å². The number of amides is 1. The van der Waals surface area contributed by atoms with Gasteiger partial charge >= 0.3 is 0 Å². The topological polar surface area (TPSA) is 58.4 Å². The van der Waals surface area contributed by atoms with Gasteiger partial charge in [0.15, 0.2) is 0 Å². The fourth-order valence-corrected chi connectivity index (χ4v) is 2.70. The van der Waals surface area contributed by atoms with Crippen LogP contribution in [0.2, 0.25) is 0 Å². The maximum Gasteiger partial charge on any atom is 0.225 e. The zero-order chi connectivity index (χ0) is 13.2. The van der Waals surface area contributed by atoms with Gasteiger partial charge in [-0.05, 0) is 37.3 Å². The first-order valence-corrected chi connectivity index (χ1v) is 7.11. The first kappa shape index (κ1) is 12.3. The van der Waals surface area contributed by atoms with Crippen molar-refractivity contribution in [3.63, 3.8) is 0 Å². The molecule has 1 saturated heterocycles. The van der Waals surface area contributed by atoms with E-state index in [0.717, 1.165) is 50.3 Å². The summed E-state index contributed by atoms with van der Waals surface area (Å²) in [5.74, 6) is 1.26. The van der Waals surface area contributed by atoms with Crippen LogP contribution in [0.1, 0.15) is 19.3 Å². The second-order valence-electron chi connectivity index (χ2n) is 5.68. The van der Waals surface area contributed by atoms with E-state index in [9.17, 15) is 4.79 Å². The van der Waals surface area contributed by atoms with Crippen LogP contribution in [0.3, 0.4) is 0 Å². The number of para-hydroxylation sites is 2. The molecule has 4 heteroatoms. The van der Waals surface area contributed by atoms with Crippen LogP contribution in [0, 0.1) is 11.8 Å². The number of benzene rings is 1. The highest BCUT2D eigenvalue weighted by Crippen LogP contribution is 2.33. The Morgan fingerprint density at radius 3 is 2.84 bits per heavy atom. The predicted molar refractivity (Wildman–Crippen MR) is 76.8 cm³/mol. The number of nitrogens with one attached hydrogen (secondary N) is 1. The van der Waals surface area contributed by atoms with E-state index in [-0.39, 0.29) is 0 Å². The molecule has 1 saturated carbocycles. The third-order valence-electron chi connectivity index (χ3n) is 4.07. The molecule has 1 amide bonds. The van der Waals surface area contributed by atoms with Crippen molar-refractivity contribution in [2.24, 2.45) is 11.8 Å². The molecule has 1 aromatic carbocycles. The van der Waals surface area contributed by atoms with Gasteiger partial charge in [0.1, 0.15) is 0 Å². The number of carbonyl (C=O) groups is 1. The summed E-state index contributed by atoms with van der Waals surface area (Å²) in [6.07, 6.45) is 3.29. The molecule has 4 nitrogen and oxygen atoms in total. The van der Waals surface area contributed by atoms with E-state index in [1.807, 2.05) is 29.2 Å². The number of carbonyl (C=O) groups excluding carboxylic acids is 1. The van der Waals surface area contributed by atoms with Crippen LogP contribution >= 0.6 is 0 Å². The maximum atomic E-state index is 12.0. The molecule has 1 aliphatic heterocycles. The van der Waals surface area contributed by atoms with Crippen molar-refractivity contribution in [3.8, 4) is 0 Å². The van der Waals surface area contributed by atoms with Gasteiger partial charge in [-0.25, -0.2) is 0 Å². The minimum Gasteiger partial charge on any atom is -0.397 e. The molecule has 3 rings (SSSR count). The van der Waals surface area contributed by atoms with Crippen molar-refractivity contribution >= 4 is 17.3 Å². The number of hydrogen-bond donors (Lipinski definition) is 2. The van der Waals surface area contributed by atoms with E-state index in [4.69, 9.17) is 5.73 Å². The quantitative estimate of drug-likeness (QED) is 0.812. The summed E-state index contributed by atoms with van der Waals surface area (Å²) in [7, 11) is 0. The summed E-state index contributed by atoms with van der Waals surface area (Å²) in [5.41, 5.74) is 7.68. The van der Waals surface area contributed by atoms with Gasteiger partial charge in [-0.3, -0.25) is 4.79 Å². The maximum absolute atomic E-state index is 12.0. The zero-order valence-corrected chi connectivity index (χ0v) is 11.1. The highest BCUT2D eigenvalue weighted by atomic mass is 16.2. The Labute approximate surface area is 114 Å². The van der Waals surface area contributed by atoms with Crippen LogP contribution in [0.25, 0.3) is 0 Å². The average Bonchev–Trinajstić information content (AvgIpc) is 3.16. The first-order chi connectivity index (χ1) is 9.24. The third-order valence-corrected chi connectivity index (χ3v) is 4.07. The Bertz CT molecular complexity index is 470.